The number of para-hydroxylation sites is 1. The molecule has 0 aromatic heterocycles. The van der Waals surface area contributed by atoms with Crippen molar-refractivity contribution in [3.8, 4) is 11.5 Å². The summed E-state index contributed by atoms with van der Waals surface area (Å²) in [6.07, 6.45) is -0.130. The Morgan fingerprint density at radius 2 is 2.17 bits per heavy atom. The van der Waals surface area contributed by atoms with Crippen molar-refractivity contribution >= 4 is 5.97 Å². The highest BCUT2D eigenvalue weighted by molar-refractivity contribution is 5.73. The lowest BCUT2D eigenvalue weighted by atomic mass is 10.1. The van der Waals surface area contributed by atoms with Crippen LogP contribution in [0.25, 0.3) is 0 Å². The van der Waals surface area contributed by atoms with Gasteiger partial charge in [-0.3, -0.25) is 4.79 Å². The summed E-state index contributed by atoms with van der Waals surface area (Å²) in [4.78, 5) is 10.6. The van der Waals surface area contributed by atoms with Gasteiger partial charge in [-0.25, -0.2) is 0 Å². The van der Waals surface area contributed by atoms with Crippen LogP contribution >= 0.6 is 0 Å². The molecular weight excluding hydrogens is 248 g/mol. The number of rotatable bonds is 6. The molecule has 3 N–H and O–H groups in total. The Labute approximate surface area is 102 Å². The van der Waals surface area contributed by atoms with Crippen LogP contribution in [0.15, 0.2) is 18.2 Å². The predicted molar refractivity (Wildman–Crippen MR) is 58.9 cm³/mol. The molecule has 0 bridgehead atoms. The number of methoxy groups -OCH3 is 1. The van der Waals surface area contributed by atoms with Gasteiger partial charge in [0.2, 0.25) is 0 Å². The summed E-state index contributed by atoms with van der Waals surface area (Å²) in [5.74, 6) is -1.31. The lowest BCUT2D eigenvalue weighted by Gasteiger charge is -2.15. The molecule has 1 aromatic carbocycles. The topological polar surface area (TPSA) is 81.8 Å². The Bertz CT molecular complexity index is 426. The van der Waals surface area contributed by atoms with Crippen LogP contribution in [-0.4, -0.2) is 30.8 Å². The van der Waals surface area contributed by atoms with Crippen molar-refractivity contribution in [1.82, 2.24) is 0 Å². The molecule has 0 aliphatic rings. The van der Waals surface area contributed by atoms with Gasteiger partial charge in [-0.2, -0.15) is 8.78 Å². The second-order valence-electron chi connectivity index (χ2n) is 3.48. The molecule has 0 heterocycles. The van der Waals surface area contributed by atoms with Crippen LogP contribution in [0.5, 0.6) is 11.5 Å². The number of hydrogen-bond acceptors (Lipinski definition) is 4. The zero-order chi connectivity index (χ0) is 13.7. The van der Waals surface area contributed by atoms with E-state index in [4.69, 9.17) is 15.6 Å². The van der Waals surface area contributed by atoms with Crippen molar-refractivity contribution in [2.24, 2.45) is 5.73 Å². The average Bonchev–Trinajstić information content (AvgIpc) is 2.30. The lowest BCUT2D eigenvalue weighted by Crippen LogP contribution is -2.32. The van der Waals surface area contributed by atoms with E-state index < -0.39 is 18.6 Å². The summed E-state index contributed by atoms with van der Waals surface area (Å²) in [5.41, 5.74) is 5.61. The van der Waals surface area contributed by atoms with E-state index in [1.807, 2.05) is 0 Å². The van der Waals surface area contributed by atoms with E-state index in [1.54, 1.807) is 6.07 Å². The van der Waals surface area contributed by atoms with Crippen LogP contribution in [-0.2, 0) is 11.2 Å². The fourth-order valence-corrected chi connectivity index (χ4v) is 1.43. The number of aliphatic carboxylic acids is 1. The second-order valence-corrected chi connectivity index (χ2v) is 3.48. The molecule has 5 nitrogen and oxygen atoms in total. The van der Waals surface area contributed by atoms with Crippen LogP contribution in [0.1, 0.15) is 5.56 Å². The first-order chi connectivity index (χ1) is 8.45. The van der Waals surface area contributed by atoms with Crippen LogP contribution in [0.3, 0.4) is 0 Å². The summed E-state index contributed by atoms with van der Waals surface area (Å²) < 4.78 is 33.8. The van der Waals surface area contributed by atoms with E-state index in [2.05, 4.69) is 4.74 Å². The zero-order valence-electron chi connectivity index (χ0n) is 9.60. The predicted octanol–water partition coefficient (Wildman–Crippen LogP) is 1.25. The molecule has 0 fully saturated rings. The van der Waals surface area contributed by atoms with Gasteiger partial charge in [-0.1, -0.05) is 12.1 Å². The van der Waals surface area contributed by atoms with Crippen LogP contribution in [0, 0.1) is 0 Å². The third kappa shape index (κ3) is 3.56. The molecule has 0 amide bonds. The Kier molecular flexibility index (Phi) is 4.85. The monoisotopic (exact) mass is 261 g/mol. The molecule has 18 heavy (non-hydrogen) atoms. The largest absolute Gasteiger partial charge is 0.493 e. The van der Waals surface area contributed by atoms with Gasteiger partial charge in [-0.05, 0) is 6.07 Å². The molecule has 0 radical (unpaired) electrons. The Hall–Kier alpha value is -1.89. The standard InChI is InChI=1S/C11H13F2NO4/c1-17-8-4-2-3-6(5-7(14)10(15)16)9(8)18-11(12)13/h2-4,7,11H,5,14H2,1H3,(H,15,16). The summed E-state index contributed by atoms with van der Waals surface area (Å²) in [6, 6.07) is 3.24. The minimum absolute atomic E-state index is 0.102. The molecule has 1 unspecified atom stereocenters. The number of carbonyl (C=O) groups is 1. The molecule has 0 aliphatic heterocycles. The van der Waals surface area contributed by atoms with Gasteiger partial charge in [-0.15, -0.1) is 0 Å². The molecule has 1 aromatic rings. The van der Waals surface area contributed by atoms with Gasteiger partial charge >= 0.3 is 12.6 Å². The maximum absolute atomic E-state index is 12.3. The molecule has 0 saturated heterocycles. The second kappa shape index (κ2) is 6.15. The highest BCUT2D eigenvalue weighted by Gasteiger charge is 2.19. The maximum atomic E-state index is 12.3. The molecule has 0 aliphatic carbocycles. The van der Waals surface area contributed by atoms with Crippen LogP contribution in [0.4, 0.5) is 8.78 Å². The van der Waals surface area contributed by atoms with Crippen LogP contribution in [0.2, 0.25) is 0 Å². The minimum Gasteiger partial charge on any atom is -0.493 e. The van der Waals surface area contributed by atoms with E-state index in [1.165, 1.54) is 19.2 Å². The normalized spacial score (nSPS) is 12.3. The van der Waals surface area contributed by atoms with Crippen LogP contribution < -0.4 is 15.2 Å². The Morgan fingerprint density at radius 1 is 1.50 bits per heavy atom. The smallest absolute Gasteiger partial charge is 0.387 e. The van der Waals surface area contributed by atoms with Gasteiger partial charge in [0.1, 0.15) is 6.04 Å². The SMILES string of the molecule is COc1cccc(CC(N)C(=O)O)c1OC(F)F. The number of nitrogens with two attached hydrogens (primary N) is 1. The van der Waals surface area contributed by atoms with E-state index in [0.717, 1.165) is 0 Å². The fourth-order valence-electron chi connectivity index (χ4n) is 1.43. The van der Waals surface area contributed by atoms with E-state index in [0.29, 0.717) is 0 Å². The minimum atomic E-state index is -3.03. The number of benzene rings is 1. The van der Waals surface area contributed by atoms with Gasteiger partial charge in [0.25, 0.3) is 0 Å². The fraction of sp³-hybridized carbons (Fsp3) is 0.364. The Balaban J connectivity index is 3.05. The molecule has 0 spiro atoms. The van der Waals surface area contributed by atoms with Crippen molar-refractivity contribution in [3.63, 3.8) is 0 Å². The first-order valence-corrected chi connectivity index (χ1v) is 5.04. The molecule has 0 saturated carbocycles. The van der Waals surface area contributed by atoms with Gasteiger partial charge in [0.05, 0.1) is 7.11 Å². The quantitative estimate of drug-likeness (QED) is 0.805. The first kappa shape index (κ1) is 14.2. The summed E-state index contributed by atoms with van der Waals surface area (Å²) >= 11 is 0. The van der Waals surface area contributed by atoms with E-state index in [-0.39, 0.29) is 23.5 Å². The lowest BCUT2D eigenvalue weighted by molar-refractivity contribution is -0.138. The van der Waals surface area contributed by atoms with Crippen molar-refractivity contribution in [2.75, 3.05) is 7.11 Å². The molecule has 1 rings (SSSR count). The van der Waals surface area contributed by atoms with Gasteiger partial charge in [0.15, 0.2) is 11.5 Å². The average molecular weight is 261 g/mol. The van der Waals surface area contributed by atoms with Gasteiger partial charge < -0.3 is 20.3 Å². The van der Waals surface area contributed by atoms with E-state index in [9.17, 15) is 13.6 Å². The molecular formula is C11H13F2NO4. The van der Waals surface area contributed by atoms with Crippen molar-refractivity contribution in [1.29, 1.82) is 0 Å². The number of alkyl halides is 2. The highest BCUT2D eigenvalue weighted by Crippen LogP contribution is 2.33. The number of hydrogen-bond donors (Lipinski definition) is 2. The third-order valence-electron chi connectivity index (χ3n) is 2.24. The summed E-state index contributed by atoms with van der Waals surface area (Å²) in [5, 5.41) is 8.70. The third-order valence-corrected chi connectivity index (χ3v) is 2.24. The molecule has 7 heteroatoms. The van der Waals surface area contributed by atoms with Crippen molar-refractivity contribution in [3.05, 3.63) is 23.8 Å². The Morgan fingerprint density at radius 3 is 2.67 bits per heavy atom. The summed E-state index contributed by atoms with van der Waals surface area (Å²) in [7, 11) is 1.30. The molecule has 1 atom stereocenters. The van der Waals surface area contributed by atoms with Crippen molar-refractivity contribution < 1.29 is 28.2 Å². The number of ether oxygens (including phenoxy) is 2. The van der Waals surface area contributed by atoms with E-state index >= 15 is 0 Å². The van der Waals surface area contributed by atoms with Crippen molar-refractivity contribution in [2.45, 2.75) is 19.1 Å². The van der Waals surface area contributed by atoms with Gasteiger partial charge in [0, 0.05) is 12.0 Å². The number of carboxylic acids is 1. The number of halogens is 2. The zero-order valence-corrected chi connectivity index (χ0v) is 9.60. The molecule has 100 valence electrons. The highest BCUT2D eigenvalue weighted by atomic mass is 19.3. The summed E-state index contributed by atoms with van der Waals surface area (Å²) in [6.45, 7) is -3.03. The first-order valence-electron chi connectivity index (χ1n) is 5.04. The number of carboxylic acid groups (broad SMARTS) is 1. The maximum Gasteiger partial charge on any atom is 0.387 e.